The van der Waals surface area contributed by atoms with E-state index in [2.05, 4.69) is 20.4 Å². The van der Waals surface area contributed by atoms with E-state index in [4.69, 9.17) is 5.73 Å². The van der Waals surface area contributed by atoms with E-state index in [1.54, 1.807) is 17.1 Å². The van der Waals surface area contributed by atoms with Crippen molar-refractivity contribution in [2.24, 2.45) is 0 Å². The van der Waals surface area contributed by atoms with E-state index in [9.17, 15) is 0 Å². The van der Waals surface area contributed by atoms with Crippen LogP contribution < -0.4 is 11.1 Å². The van der Waals surface area contributed by atoms with Crippen molar-refractivity contribution in [3.63, 3.8) is 0 Å². The summed E-state index contributed by atoms with van der Waals surface area (Å²) in [6.07, 6.45) is 4.27. The molecule has 2 rings (SSSR count). The molecule has 0 unspecified atom stereocenters. The van der Waals surface area contributed by atoms with Gasteiger partial charge in [-0.3, -0.25) is 0 Å². The maximum Gasteiger partial charge on any atom is 0.254 e. The molecule has 0 aliphatic carbocycles. The molecular formula is C11H16N6. The maximum atomic E-state index is 5.94. The van der Waals surface area contributed by atoms with Crippen molar-refractivity contribution in [2.45, 2.75) is 20.3 Å². The van der Waals surface area contributed by atoms with Gasteiger partial charge in [0, 0.05) is 24.5 Å². The summed E-state index contributed by atoms with van der Waals surface area (Å²) >= 11 is 0. The van der Waals surface area contributed by atoms with Crippen LogP contribution in [0.1, 0.15) is 19.4 Å². The predicted octanol–water partition coefficient (Wildman–Crippen LogP) is 1.24. The van der Waals surface area contributed by atoms with Crippen LogP contribution in [0.15, 0.2) is 18.5 Å². The van der Waals surface area contributed by atoms with Gasteiger partial charge < -0.3 is 11.1 Å². The summed E-state index contributed by atoms with van der Waals surface area (Å²) in [5.74, 6) is 1.78. The first-order valence-electron chi connectivity index (χ1n) is 5.66. The first kappa shape index (κ1) is 11.4. The number of nitrogen functional groups attached to an aromatic ring is 1. The van der Waals surface area contributed by atoms with Crippen LogP contribution in [0.4, 0.5) is 11.6 Å². The zero-order valence-electron chi connectivity index (χ0n) is 10.0. The smallest absolute Gasteiger partial charge is 0.254 e. The Morgan fingerprint density at radius 2 is 2.18 bits per heavy atom. The van der Waals surface area contributed by atoms with E-state index < -0.39 is 0 Å². The molecule has 2 heterocycles. The average Bonchev–Trinajstić information content (AvgIpc) is 2.82. The van der Waals surface area contributed by atoms with Crippen molar-refractivity contribution >= 4 is 11.6 Å². The molecule has 6 nitrogen and oxygen atoms in total. The summed E-state index contributed by atoms with van der Waals surface area (Å²) in [6.45, 7) is 4.84. The molecular weight excluding hydrogens is 216 g/mol. The van der Waals surface area contributed by atoms with Gasteiger partial charge in [-0.15, -0.1) is 0 Å². The largest absolute Gasteiger partial charge is 0.383 e. The molecule has 3 N–H and O–H groups in total. The van der Waals surface area contributed by atoms with Gasteiger partial charge in [0.2, 0.25) is 0 Å². The number of nitrogens with zero attached hydrogens (tertiary/aromatic N) is 4. The van der Waals surface area contributed by atoms with Crippen LogP contribution in [0.25, 0.3) is 5.95 Å². The van der Waals surface area contributed by atoms with Gasteiger partial charge in [0.1, 0.15) is 11.6 Å². The van der Waals surface area contributed by atoms with Crippen LogP contribution in [-0.2, 0) is 6.42 Å². The molecule has 0 aromatic carbocycles. The zero-order chi connectivity index (χ0) is 12.3. The van der Waals surface area contributed by atoms with Gasteiger partial charge in [0.15, 0.2) is 0 Å². The number of hydrogen-bond acceptors (Lipinski definition) is 5. The summed E-state index contributed by atoms with van der Waals surface area (Å²) in [5, 5.41) is 7.29. The van der Waals surface area contributed by atoms with Gasteiger partial charge >= 0.3 is 0 Å². The highest BCUT2D eigenvalue weighted by Gasteiger charge is 2.11. The van der Waals surface area contributed by atoms with Gasteiger partial charge in [-0.05, 0) is 19.4 Å². The molecule has 17 heavy (non-hydrogen) atoms. The van der Waals surface area contributed by atoms with Crippen molar-refractivity contribution in [3.05, 3.63) is 24.0 Å². The van der Waals surface area contributed by atoms with Crippen molar-refractivity contribution in [2.75, 3.05) is 17.6 Å². The Morgan fingerprint density at radius 3 is 2.76 bits per heavy atom. The van der Waals surface area contributed by atoms with E-state index in [-0.39, 0.29) is 0 Å². The summed E-state index contributed by atoms with van der Waals surface area (Å²) in [4.78, 5) is 8.69. The van der Waals surface area contributed by atoms with Gasteiger partial charge in [-0.1, -0.05) is 6.92 Å². The number of aromatic nitrogens is 4. The molecule has 2 aromatic rings. The van der Waals surface area contributed by atoms with E-state index >= 15 is 0 Å². The highest BCUT2D eigenvalue weighted by molar-refractivity contribution is 5.57. The number of rotatable bonds is 4. The Balaban J connectivity index is 2.50. The van der Waals surface area contributed by atoms with Gasteiger partial charge in [0.25, 0.3) is 5.95 Å². The van der Waals surface area contributed by atoms with Gasteiger partial charge in [0.05, 0.1) is 0 Å². The fraction of sp³-hybridized carbons (Fsp3) is 0.364. The van der Waals surface area contributed by atoms with E-state index in [1.165, 1.54) is 0 Å². The molecule has 6 heteroatoms. The summed E-state index contributed by atoms with van der Waals surface area (Å²) < 4.78 is 1.59. The second kappa shape index (κ2) is 4.82. The molecule has 0 amide bonds. The number of anilines is 2. The Bertz CT molecular complexity index is 491. The third-order valence-corrected chi connectivity index (χ3v) is 2.43. The molecule has 0 fully saturated rings. The molecule has 0 saturated carbocycles. The highest BCUT2D eigenvalue weighted by atomic mass is 15.3. The van der Waals surface area contributed by atoms with Crippen molar-refractivity contribution in [1.29, 1.82) is 0 Å². The van der Waals surface area contributed by atoms with Crippen LogP contribution in [0.2, 0.25) is 0 Å². The van der Waals surface area contributed by atoms with Crippen LogP contribution in [0.3, 0.4) is 0 Å². The van der Waals surface area contributed by atoms with Crippen molar-refractivity contribution in [3.8, 4) is 5.95 Å². The SMILES string of the molecule is CCNc1nc(-n2cccn2)nc(N)c1CC. The van der Waals surface area contributed by atoms with E-state index in [1.807, 2.05) is 19.9 Å². The van der Waals surface area contributed by atoms with Crippen LogP contribution in [0, 0.1) is 0 Å². The standard InChI is InChI=1S/C11H16N6/c1-3-8-9(12)15-11(16-10(8)13-4-2)17-7-5-6-14-17/h5-7H,3-4H2,1-2H3,(H3,12,13,15,16). The summed E-state index contributed by atoms with van der Waals surface area (Å²) in [5.41, 5.74) is 6.88. The minimum absolute atomic E-state index is 0.487. The lowest BCUT2D eigenvalue weighted by Crippen LogP contribution is -2.12. The predicted molar refractivity (Wildman–Crippen MR) is 67.1 cm³/mol. The second-order valence-corrected chi connectivity index (χ2v) is 3.57. The van der Waals surface area contributed by atoms with Crippen LogP contribution in [0.5, 0.6) is 0 Å². The lowest BCUT2D eigenvalue weighted by Gasteiger charge is -2.12. The Kier molecular flexibility index (Phi) is 3.22. The number of hydrogen-bond donors (Lipinski definition) is 2. The molecule has 0 spiro atoms. The number of nitrogens with two attached hydrogens (primary N) is 1. The quantitative estimate of drug-likeness (QED) is 0.828. The Morgan fingerprint density at radius 1 is 1.35 bits per heavy atom. The van der Waals surface area contributed by atoms with Gasteiger partial charge in [-0.2, -0.15) is 15.1 Å². The molecule has 0 saturated heterocycles. The maximum absolute atomic E-state index is 5.94. The van der Waals surface area contributed by atoms with Crippen molar-refractivity contribution < 1.29 is 0 Å². The highest BCUT2D eigenvalue weighted by Crippen LogP contribution is 2.20. The first-order chi connectivity index (χ1) is 8.26. The average molecular weight is 232 g/mol. The molecule has 0 aliphatic heterocycles. The van der Waals surface area contributed by atoms with Gasteiger partial charge in [-0.25, -0.2) is 4.68 Å². The Hall–Kier alpha value is -2.11. The lowest BCUT2D eigenvalue weighted by atomic mass is 10.2. The third-order valence-electron chi connectivity index (χ3n) is 2.43. The topological polar surface area (TPSA) is 81.7 Å². The summed E-state index contributed by atoms with van der Waals surface area (Å²) in [6, 6.07) is 1.82. The van der Waals surface area contributed by atoms with Crippen molar-refractivity contribution in [1.82, 2.24) is 19.7 Å². The molecule has 90 valence electrons. The fourth-order valence-electron chi connectivity index (χ4n) is 1.64. The molecule has 0 atom stereocenters. The fourth-order valence-corrected chi connectivity index (χ4v) is 1.64. The minimum Gasteiger partial charge on any atom is -0.383 e. The molecule has 0 bridgehead atoms. The van der Waals surface area contributed by atoms with E-state index in [0.29, 0.717) is 11.8 Å². The van der Waals surface area contributed by atoms with E-state index in [0.717, 1.165) is 24.3 Å². The summed E-state index contributed by atoms with van der Waals surface area (Å²) in [7, 11) is 0. The minimum atomic E-state index is 0.487. The zero-order valence-corrected chi connectivity index (χ0v) is 10.0. The molecule has 0 radical (unpaired) electrons. The molecule has 2 aromatic heterocycles. The number of nitrogens with one attached hydrogen (secondary N) is 1. The third kappa shape index (κ3) is 2.20. The second-order valence-electron chi connectivity index (χ2n) is 3.57. The lowest BCUT2D eigenvalue weighted by molar-refractivity contribution is 0.805. The Labute approximate surface area is 99.9 Å². The first-order valence-corrected chi connectivity index (χ1v) is 5.66. The molecule has 0 aliphatic rings. The van der Waals surface area contributed by atoms with Crippen LogP contribution >= 0.6 is 0 Å². The van der Waals surface area contributed by atoms with Crippen LogP contribution in [-0.4, -0.2) is 26.3 Å². The normalized spacial score (nSPS) is 10.5. The monoisotopic (exact) mass is 232 g/mol.